The number of nitrogens with one attached hydrogen (secondary N) is 1. The lowest BCUT2D eigenvalue weighted by molar-refractivity contribution is -0.123. The molecule has 0 aromatic heterocycles. The van der Waals surface area contributed by atoms with Gasteiger partial charge in [-0.2, -0.15) is 0 Å². The molecule has 0 aliphatic heterocycles. The number of nitrogens with two attached hydrogens (primary N) is 1. The molecule has 0 saturated carbocycles. The zero-order valence-electron chi connectivity index (χ0n) is 11.7. The van der Waals surface area contributed by atoms with Crippen molar-refractivity contribution < 1.29 is 9.53 Å². The Morgan fingerprint density at radius 1 is 1.37 bits per heavy atom. The normalized spacial score (nSPS) is 10.5. The molecule has 0 aliphatic rings. The Balaban J connectivity index is 0.00000324. The summed E-state index contributed by atoms with van der Waals surface area (Å²) in [6, 6.07) is 7.73. The quantitative estimate of drug-likeness (QED) is 0.839. The van der Waals surface area contributed by atoms with Gasteiger partial charge < -0.3 is 15.8 Å². The highest BCUT2D eigenvalue weighted by atomic mass is 35.5. The molecular formula is C14H23ClN2O2. The van der Waals surface area contributed by atoms with Crippen molar-refractivity contribution in [3.05, 3.63) is 29.8 Å². The van der Waals surface area contributed by atoms with E-state index in [1.54, 1.807) is 0 Å². The van der Waals surface area contributed by atoms with Gasteiger partial charge in [-0.1, -0.05) is 25.1 Å². The van der Waals surface area contributed by atoms with Gasteiger partial charge in [0, 0.05) is 12.1 Å². The zero-order chi connectivity index (χ0) is 13.6. The predicted molar refractivity (Wildman–Crippen MR) is 79.8 cm³/mol. The molecule has 4 nitrogen and oxygen atoms in total. The average Bonchev–Trinajstić information content (AvgIpc) is 2.33. The predicted octanol–water partition coefficient (Wildman–Crippen LogP) is 1.90. The van der Waals surface area contributed by atoms with Crippen LogP contribution in [0.5, 0.6) is 5.75 Å². The molecule has 19 heavy (non-hydrogen) atoms. The van der Waals surface area contributed by atoms with Crippen molar-refractivity contribution >= 4 is 18.3 Å². The summed E-state index contributed by atoms with van der Waals surface area (Å²) in [5.41, 5.74) is 6.48. The minimum Gasteiger partial charge on any atom is -0.483 e. The van der Waals surface area contributed by atoms with Gasteiger partial charge in [0.2, 0.25) is 0 Å². The van der Waals surface area contributed by atoms with Gasteiger partial charge in [-0.15, -0.1) is 12.4 Å². The van der Waals surface area contributed by atoms with Crippen LogP contribution in [0.3, 0.4) is 0 Å². The molecule has 0 radical (unpaired) electrons. The van der Waals surface area contributed by atoms with Crippen molar-refractivity contribution in [3.63, 3.8) is 0 Å². The van der Waals surface area contributed by atoms with Gasteiger partial charge in [-0.25, -0.2) is 0 Å². The van der Waals surface area contributed by atoms with E-state index in [0.717, 1.165) is 17.7 Å². The monoisotopic (exact) mass is 286 g/mol. The molecule has 5 heteroatoms. The number of aryl methyl sites for hydroxylation is 1. The van der Waals surface area contributed by atoms with Gasteiger partial charge >= 0.3 is 0 Å². The summed E-state index contributed by atoms with van der Waals surface area (Å²) in [6.07, 6.45) is 0.883. The van der Waals surface area contributed by atoms with Crippen LogP contribution in [0.15, 0.2) is 24.3 Å². The first kappa shape index (κ1) is 17.7. The summed E-state index contributed by atoms with van der Waals surface area (Å²) >= 11 is 0. The smallest absolute Gasteiger partial charge is 0.258 e. The molecule has 0 saturated heterocycles. The van der Waals surface area contributed by atoms with Crippen LogP contribution >= 0.6 is 12.4 Å². The molecule has 0 heterocycles. The van der Waals surface area contributed by atoms with Crippen molar-refractivity contribution in [1.29, 1.82) is 0 Å². The summed E-state index contributed by atoms with van der Waals surface area (Å²) in [4.78, 5) is 11.6. The second-order valence-corrected chi connectivity index (χ2v) is 5.02. The number of halogens is 1. The van der Waals surface area contributed by atoms with Crippen LogP contribution in [0.2, 0.25) is 0 Å². The fraction of sp³-hybridized carbons (Fsp3) is 0.500. The van der Waals surface area contributed by atoms with E-state index < -0.39 is 5.54 Å². The molecule has 0 unspecified atom stereocenters. The standard InChI is InChI=1S/C14H22N2O2.ClH/c1-4-11-7-5-6-8-12(11)18-9-13(17)16-10-14(2,3)15;/h5-8H,4,9-10,15H2,1-3H3,(H,16,17);1H. The van der Waals surface area contributed by atoms with E-state index in [4.69, 9.17) is 10.5 Å². The van der Waals surface area contributed by atoms with Gasteiger partial charge in [0.25, 0.3) is 5.91 Å². The zero-order valence-corrected chi connectivity index (χ0v) is 12.5. The first-order chi connectivity index (χ1) is 8.42. The first-order valence-electron chi connectivity index (χ1n) is 6.18. The highest BCUT2D eigenvalue weighted by Gasteiger charge is 2.12. The Morgan fingerprint density at radius 2 is 2.00 bits per heavy atom. The first-order valence-corrected chi connectivity index (χ1v) is 6.18. The number of benzene rings is 1. The van der Waals surface area contributed by atoms with Gasteiger partial charge in [0.15, 0.2) is 6.61 Å². The molecule has 0 fully saturated rings. The molecule has 1 amide bonds. The third-order valence-electron chi connectivity index (χ3n) is 2.45. The van der Waals surface area contributed by atoms with E-state index in [1.165, 1.54) is 0 Å². The molecule has 1 aromatic rings. The fourth-order valence-corrected chi connectivity index (χ4v) is 1.46. The molecule has 108 valence electrons. The lowest BCUT2D eigenvalue weighted by Gasteiger charge is -2.19. The summed E-state index contributed by atoms with van der Waals surface area (Å²) in [5, 5.41) is 2.74. The summed E-state index contributed by atoms with van der Waals surface area (Å²) in [6.45, 7) is 6.23. The third-order valence-corrected chi connectivity index (χ3v) is 2.45. The highest BCUT2D eigenvalue weighted by Crippen LogP contribution is 2.17. The maximum atomic E-state index is 11.6. The molecule has 0 atom stereocenters. The van der Waals surface area contributed by atoms with E-state index in [0.29, 0.717) is 6.54 Å². The number of hydrogen-bond acceptors (Lipinski definition) is 3. The van der Waals surface area contributed by atoms with Crippen molar-refractivity contribution in [2.24, 2.45) is 5.73 Å². The van der Waals surface area contributed by atoms with Crippen LogP contribution in [0.1, 0.15) is 26.3 Å². The second kappa shape index (κ2) is 8.02. The number of carbonyl (C=O) groups excluding carboxylic acids is 1. The Kier molecular flexibility index (Phi) is 7.49. The van der Waals surface area contributed by atoms with Crippen LogP contribution in [0.4, 0.5) is 0 Å². The third kappa shape index (κ3) is 7.03. The lowest BCUT2D eigenvalue weighted by Crippen LogP contribution is -2.46. The number of ether oxygens (including phenoxy) is 1. The maximum absolute atomic E-state index is 11.6. The molecule has 0 bridgehead atoms. The number of para-hydroxylation sites is 1. The SMILES string of the molecule is CCc1ccccc1OCC(=O)NCC(C)(C)N.Cl. The summed E-state index contributed by atoms with van der Waals surface area (Å²) < 4.78 is 5.50. The van der Waals surface area contributed by atoms with E-state index in [1.807, 2.05) is 38.1 Å². The van der Waals surface area contributed by atoms with Gasteiger partial charge in [-0.05, 0) is 31.9 Å². The molecule has 0 spiro atoms. The van der Waals surface area contributed by atoms with Crippen LogP contribution in [-0.2, 0) is 11.2 Å². The number of hydrogen-bond donors (Lipinski definition) is 2. The number of rotatable bonds is 6. The molecule has 1 aromatic carbocycles. The fourth-order valence-electron chi connectivity index (χ4n) is 1.46. The Bertz CT molecular complexity index is 403. The maximum Gasteiger partial charge on any atom is 0.258 e. The molecule has 0 aliphatic carbocycles. The summed E-state index contributed by atoms with van der Waals surface area (Å²) in [5.74, 6) is 0.613. The van der Waals surface area contributed by atoms with E-state index in [9.17, 15) is 4.79 Å². The topological polar surface area (TPSA) is 64.3 Å². The van der Waals surface area contributed by atoms with Crippen molar-refractivity contribution in [1.82, 2.24) is 5.32 Å². The summed E-state index contributed by atoms with van der Waals surface area (Å²) in [7, 11) is 0. The van der Waals surface area contributed by atoms with E-state index >= 15 is 0 Å². The van der Waals surface area contributed by atoms with Gasteiger partial charge in [0.1, 0.15) is 5.75 Å². The van der Waals surface area contributed by atoms with Crippen molar-refractivity contribution in [2.75, 3.05) is 13.2 Å². The number of carbonyl (C=O) groups is 1. The van der Waals surface area contributed by atoms with Crippen LogP contribution in [0, 0.1) is 0 Å². The van der Waals surface area contributed by atoms with Gasteiger partial charge in [-0.3, -0.25) is 4.79 Å². The highest BCUT2D eigenvalue weighted by molar-refractivity contribution is 5.85. The Hall–Kier alpha value is -1.26. The van der Waals surface area contributed by atoms with Crippen molar-refractivity contribution in [3.8, 4) is 5.75 Å². The average molecular weight is 287 g/mol. The van der Waals surface area contributed by atoms with Crippen LogP contribution in [-0.4, -0.2) is 24.6 Å². The van der Waals surface area contributed by atoms with E-state index in [-0.39, 0.29) is 24.9 Å². The minimum atomic E-state index is -0.406. The molecule has 3 N–H and O–H groups in total. The minimum absolute atomic E-state index is 0. The van der Waals surface area contributed by atoms with Gasteiger partial charge in [0.05, 0.1) is 0 Å². The number of amides is 1. The lowest BCUT2D eigenvalue weighted by atomic mass is 10.1. The van der Waals surface area contributed by atoms with Crippen LogP contribution < -0.4 is 15.8 Å². The second-order valence-electron chi connectivity index (χ2n) is 5.02. The molecular weight excluding hydrogens is 264 g/mol. The largest absolute Gasteiger partial charge is 0.483 e. The molecule has 1 rings (SSSR count). The Morgan fingerprint density at radius 3 is 2.58 bits per heavy atom. The van der Waals surface area contributed by atoms with Crippen LogP contribution in [0.25, 0.3) is 0 Å². The van der Waals surface area contributed by atoms with E-state index in [2.05, 4.69) is 12.2 Å². The Labute approximate surface area is 121 Å². The van der Waals surface area contributed by atoms with Crippen molar-refractivity contribution in [2.45, 2.75) is 32.7 Å².